The van der Waals surface area contributed by atoms with E-state index < -0.39 is 26.0 Å². The highest BCUT2D eigenvalue weighted by Gasteiger charge is 2.42. The maximum atomic E-state index is 12.0. The van der Waals surface area contributed by atoms with Gasteiger partial charge in [0.15, 0.2) is 20.3 Å². The molecule has 0 radical (unpaired) electrons. The molecule has 0 saturated carbocycles. The van der Waals surface area contributed by atoms with Crippen molar-refractivity contribution in [2.75, 3.05) is 18.9 Å². The molecule has 1 saturated heterocycles. The lowest BCUT2D eigenvalue weighted by Crippen LogP contribution is -2.44. The van der Waals surface area contributed by atoms with Gasteiger partial charge in [-0.3, -0.25) is 4.57 Å². The summed E-state index contributed by atoms with van der Waals surface area (Å²) >= 11 is 0. The Morgan fingerprint density at radius 2 is 2.17 bits per heavy atom. The van der Waals surface area contributed by atoms with E-state index in [-0.39, 0.29) is 17.5 Å². The van der Waals surface area contributed by atoms with Crippen molar-refractivity contribution in [3.05, 3.63) is 22.7 Å². The molecular weight excluding hydrogens is 314 g/mol. The largest absolute Gasteiger partial charge is 0.412 e. The van der Waals surface area contributed by atoms with Crippen LogP contribution in [-0.2, 0) is 19.6 Å². The van der Waals surface area contributed by atoms with Crippen LogP contribution in [0.3, 0.4) is 0 Å². The summed E-state index contributed by atoms with van der Waals surface area (Å²) in [5.41, 5.74) is 4.16. The van der Waals surface area contributed by atoms with E-state index in [1.54, 1.807) is 19.2 Å². The van der Waals surface area contributed by atoms with Crippen LogP contribution in [0.25, 0.3) is 0 Å². The van der Waals surface area contributed by atoms with Gasteiger partial charge in [-0.15, -0.1) is 0 Å². The predicted octanol–water partition coefficient (Wildman–Crippen LogP) is 1.89. The third kappa shape index (κ3) is 3.82. The van der Waals surface area contributed by atoms with Gasteiger partial charge in [0.25, 0.3) is 0 Å². The Kier molecular flexibility index (Phi) is 4.73. The summed E-state index contributed by atoms with van der Waals surface area (Å²) in [6, 6.07) is 1.56. The molecule has 2 N–H and O–H groups in total. The number of ether oxygens (including phenoxy) is 2. The van der Waals surface area contributed by atoms with Gasteiger partial charge in [-0.05, 0) is 31.1 Å². The van der Waals surface area contributed by atoms with E-state index in [9.17, 15) is 4.79 Å². The Balaban J connectivity index is 2.05. The van der Waals surface area contributed by atoms with Gasteiger partial charge >= 0.3 is 5.69 Å². The zero-order valence-electron chi connectivity index (χ0n) is 14.8. The lowest BCUT2D eigenvalue weighted by molar-refractivity contribution is -0.131. The standard InChI is InChI=1S/C15H27N3O4Si/c1-14(2,3)23(5,6)21-9-12-20-10-15(4,22-12)18-8-7-11(16)17-13(18)19/h7-8,12H,9-10H2,1-6H3,(H2,16,17,19)/t12-,15+/m1/s1. The summed E-state index contributed by atoms with van der Waals surface area (Å²) in [6.07, 6.45) is 1.07. The lowest BCUT2D eigenvalue weighted by Gasteiger charge is -2.36. The van der Waals surface area contributed by atoms with Crippen LogP contribution in [0.5, 0.6) is 0 Å². The number of nitrogen functional groups attached to an aromatic ring is 1. The second-order valence-electron chi connectivity index (χ2n) is 7.61. The molecule has 0 bridgehead atoms. The van der Waals surface area contributed by atoms with Crippen LogP contribution in [0, 0.1) is 0 Å². The van der Waals surface area contributed by atoms with Crippen molar-refractivity contribution in [3.63, 3.8) is 0 Å². The van der Waals surface area contributed by atoms with Gasteiger partial charge in [-0.2, -0.15) is 4.98 Å². The highest BCUT2D eigenvalue weighted by atomic mass is 28.4. The fourth-order valence-corrected chi connectivity index (χ4v) is 3.06. The molecule has 0 amide bonds. The minimum atomic E-state index is -1.87. The second kappa shape index (κ2) is 6.01. The number of anilines is 1. The van der Waals surface area contributed by atoms with E-state index in [1.165, 1.54) is 4.57 Å². The topological polar surface area (TPSA) is 88.6 Å². The van der Waals surface area contributed by atoms with Crippen LogP contribution < -0.4 is 11.4 Å². The normalized spacial score (nSPS) is 25.7. The summed E-state index contributed by atoms with van der Waals surface area (Å²) in [6.45, 7) is 13.3. The fourth-order valence-electron chi connectivity index (χ4n) is 2.08. The lowest BCUT2D eigenvalue weighted by atomic mass is 10.2. The highest BCUT2D eigenvalue weighted by molar-refractivity contribution is 6.74. The van der Waals surface area contributed by atoms with Crippen LogP contribution in [0.15, 0.2) is 17.1 Å². The molecule has 0 aliphatic carbocycles. The van der Waals surface area contributed by atoms with Crippen molar-refractivity contribution in [2.45, 2.75) is 57.8 Å². The minimum absolute atomic E-state index is 0.118. The monoisotopic (exact) mass is 341 g/mol. The van der Waals surface area contributed by atoms with E-state index in [0.717, 1.165) is 0 Å². The molecule has 1 fully saturated rings. The van der Waals surface area contributed by atoms with Crippen molar-refractivity contribution >= 4 is 14.1 Å². The first-order chi connectivity index (χ1) is 10.4. The summed E-state index contributed by atoms with van der Waals surface area (Å²) in [4.78, 5) is 15.7. The molecule has 130 valence electrons. The van der Waals surface area contributed by atoms with E-state index in [2.05, 4.69) is 38.8 Å². The zero-order chi connectivity index (χ0) is 17.5. The number of rotatable bonds is 4. The molecular formula is C15H27N3O4Si. The van der Waals surface area contributed by atoms with Crippen molar-refractivity contribution in [1.29, 1.82) is 0 Å². The average Bonchev–Trinajstić information content (AvgIpc) is 2.78. The van der Waals surface area contributed by atoms with Crippen molar-refractivity contribution in [2.24, 2.45) is 0 Å². The molecule has 7 nitrogen and oxygen atoms in total. The molecule has 1 aliphatic rings. The minimum Gasteiger partial charge on any atom is -0.412 e. The van der Waals surface area contributed by atoms with Crippen LogP contribution in [0.4, 0.5) is 5.82 Å². The Hall–Kier alpha value is -1.22. The Morgan fingerprint density at radius 1 is 1.52 bits per heavy atom. The molecule has 1 aliphatic heterocycles. The number of hydrogen-bond donors (Lipinski definition) is 1. The Bertz CT molecular complexity index is 626. The molecule has 2 heterocycles. The van der Waals surface area contributed by atoms with Crippen LogP contribution in [0.2, 0.25) is 18.1 Å². The average molecular weight is 341 g/mol. The molecule has 0 unspecified atom stereocenters. The molecule has 0 aromatic carbocycles. The summed E-state index contributed by atoms with van der Waals surface area (Å²) in [5, 5.41) is 0.118. The van der Waals surface area contributed by atoms with E-state index in [1.807, 2.05) is 0 Å². The molecule has 23 heavy (non-hydrogen) atoms. The molecule has 1 aromatic heterocycles. The van der Waals surface area contributed by atoms with Gasteiger partial charge in [-0.25, -0.2) is 4.79 Å². The summed E-state index contributed by atoms with van der Waals surface area (Å²) in [7, 11) is -1.87. The number of hydrogen-bond acceptors (Lipinski definition) is 6. The molecule has 2 atom stereocenters. The van der Waals surface area contributed by atoms with Crippen molar-refractivity contribution in [3.8, 4) is 0 Å². The summed E-state index contributed by atoms with van der Waals surface area (Å²) < 4.78 is 19.1. The van der Waals surface area contributed by atoms with Gasteiger partial charge in [0, 0.05) is 6.20 Å². The number of nitrogens with zero attached hydrogens (tertiary/aromatic N) is 2. The van der Waals surface area contributed by atoms with Gasteiger partial charge in [0.2, 0.25) is 0 Å². The molecule has 1 aromatic rings. The predicted molar refractivity (Wildman–Crippen MR) is 90.5 cm³/mol. The van der Waals surface area contributed by atoms with Crippen LogP contribution >= 0.6 is 0 Å². The SMILES string of the molecule is CC(C)(C)[Si](C)(C)OC[C@@H]1OC[C@@](C)(n2ccc(N)nc2=O)O1. The maximum Gasteiger partial charge on any atom is 0.351 e. The number of nitrogens with two attached hydrogens (primary N) is 1. The first kappa shape index (κ1) is 18.1. The van der Waals surface area contributed by atoms with Gasteiger partial charge < -0.3 is 19.6 Å². The summed E-state index contributed by atoms with van der Waals surface area (Å²) in [5.74, 6) is 0.187. The molecule has 0 spiro atoms. The third-order valence-corrected chi connectivity index (χ3v) is 9.14. The molecule has 8 heteroatoms. The Morgan fingerprint density at radius 3 is 2.74 bits per heavy atom. The first-order valence-corrected chi connectivity index (χ1v) is 10.6. The second-order valence-corrected chi connectivity index (χ2v) is 12.4. The third-order valence-electron chi connectivity index (χ3n) is 4.64. The van der Waals surface area contributed by atoms with Crippen LogP contribution in [-0.4, -0.2) is 37.4 Å². The van der Waals surface area contributed by atoms with Crippen molar-refractivity contribution < 1.29 is 13.9 Å². The first-order valence-electron chi connectivity index (χ1n) is 7.74. The van der Waals surface area contributed by atoms with E-state index >= 15 is 0 Å². The zero-order valence-corrected chi connectivity index (χ0v) is 15.8. The highest BCUT2D eigenvalue weighted by Crippen LogP contribution is 2.37. The Labute approximate surface area is 137 Å². The quantitative estimate of drug-likeness (QED) is 0.841. The van der Waals surface area contributed by atoms with E-state index in [4.69, 9.17) is 19.6 Å². The maximum absolute atomic E-state index is 12.0. The fraction of sp³-hybridized carbons (Fsp3) is 0.733. The van der Waals surface area contributed by atoms with Crippen molar-refractivity contribution in [1.82, 2.24) is 9.55 Å². The van der Waals surface area contributed by atoms with Crippen LogP contribution in [0.1, 0.15) is 27.7 Å². The van der Waals surface area contributed by atoms with Gasteiger partial charge in [-0.1, -0.05) is 20.8 Å². The molecule has 2 rings (SSSR count). The smallest absolute Gasteiger partial charge is 0.351 e. The van der Waals surface area contributed by atoms with E-state index in [0.29, 0.717) is 6.61 Å². The number of aromatic nitrogens is 2. The van der Waals surface area contributed by atoms with Gasteiger partial charge in [0.1, 0.15) is 5.82 Å². The van der Waals surface area contributed by atoms with Gasteiger partial charge in [0.05, 0.1) is 13.2 Å².